The SMILES string of the molecule is CCc1c(S[C@H]2CCCNC2)nc2c(-c3cnoc3)c(F)nn2c1N. The molecule has 0 aromatic carbocycles. The van der Waals surface area contributed by atoms with Crippen LogP contribution in [-0.4, -0.2) is 38.1 Å². The average molecular weight is 362 g/mol. The minimum Gasteiger partial charge on any atom is -0.383 e. The monoisotopic (exact) mass is 362 g/mol. The van der Waals surface area contributed by atoms with Crippen LogP contribution in [0, 0.1) is 5.95 Å². The lowest BCUT2D eigenvalue weighted by Gasteiger charge is -2.23. The smallest absolute Gasteiger partial charge is 0.243 e. The van der Waals surface area contributed by atoms with Crippen LogP contribution >= 0.6 is 11.8 Å². The highest BCUT2D eigenvalue weighted by atomic mass is 32.2. The highest BCUT2D eigenvalue weighted by molar-refractivity contribution is 8.00. The van der Waals surface area contributed by atoms with E-state index in [9.17, 15) is 4.39 Å². The maximum Gasteiger partial charge on any atom is 0.243 e. The van der Waals surface area contributed by atoms with Crippen molar-refractivity contribution in [2.75, 3.05) is 18.8 Å². The summed E-state index contributed by atoms with van der Waals surface area (Å²) in [6.07, 6.45) is 5.80. The molecule has 0 saturated carbocycles. The number of nitrogens with zero attached hydrogens (tertiary/aromatic N) is 4. The zero-order chi connectivity index (χ0) is 17.4. The molecule has 7 nitrogen and oxygen atoms in total. The normalized spacial score (nSPS) is 18.1. The standard InChI is InChI=1S/C16H19FN6OS/c1-2-11-14(18)23-15(12(13(17)22-23)9-6-20-24-8-9)21-16(11)25-10-4-3-5-19-7-10/h6,8,10,19H,2-5,7,18H2,1H3/t10-/m0/s1. The molecule has 1 atom stereocenters. The molecule has 0 amide bonds. The first-order chi connectivity index (χ1) is 12.2. The molecular weight excluding hydrogens is 343 g/mol. The molecule has 0 radical (unpaired) electrons. The van der Waals surface area contributed by atoms with Crippen LogP contribution in [0.2, 0.25) is 0 Å². The Morgan fingerprint density at radius 2 is 2.40 bits per heavy atom. The second kappa shape index (κ2) is 6.64. The van der Waals surface area contributed by atoms with Crippen LogP contribution < -0.4 is 11.1 Å². The number of piperidine rings is 1. The van der Waals surface area contributed by atoms with Crippen molar-refractivity contribution in [2.24, 2.45) is 0 Å². The minimum absolute atomic E-state index is 0.263. The first-order valence-corrected chi connectivity index (χ1v) is 9.20. The van der Waals surface area contributed by atoms with Crippen molar-refractivity contribution in [3.8, 4) is 11.1 Å². The van der Waals surface area contributed by atoms with E-state index in [2.05, 4.69) is 15.6 Å². The van der Waals surface area contributed by atoms with Gasteiger partial charge in [-0.2, -0.15) is 8.91 Å². The summed E-state index contributed by atoms with van der Waals surface area (Å²) in [5.74, 6) is -0.202. The summed E-state index contributed by atoms with van der Waals surface area (Å²) in [5.41, 5.74) is 8.35. The molecule has 3 aromatic heterocycles. The fraction of sp³-hybridized carbons (Fsp3) is 0.438. The van der Waals surface area contributed by atoms with Crippen LogP contribution in [0.3, 0.4) is 0 Å². The number of nitrogens with one attached hydrogen (secondary N) is 1. The van der Waals surface area contributed by atoms with Gasteiger partial charge in [0.25, 0.3) is 0 Å². The van der Waals surface area contributed by atoms with Gasteiger partial charge in [0.15, 0.2) is 5.65 Å². The van der Waals surface area contributed by atoms with Crippen molar-refractivity contribution in [1.29, 1.82) is 0 Å². The van der Waals surface area contributed by atoms with Gasteiger partial charge in [0.05, 0.1) is 11.8 Å². The van der Waals surface area contributed by atoms with Crippen molar-refractivity contribution in [3.63, 3.8) is 0 Å². The average Bonchev–Trinajstić information content (AvgIpc) is 3.23. The lowest BCUT2D eigenvalue weighted by Crippen LogP contribution is -2.31. The van der Waals surface area contributed by atoms with E-state index in [-0.39, 0.29) is 5.56 Å². The number of anilines is 1. The van der Waals surface area contributed by atoms with Crippen LogP contribution in [-0.2, 0) is 6.42 Å². The summed E-state index contributed by atoms with van der Waals surface area (Å²) in [6.45, 7) is 4.01. The van der Waals surface area contributed by atoms with E-state index in [4.69, 9.17) is 15.2 Å². The Morgan fingerprint density at radius 3 is 3.08 bits per heavy atom. The second-order valence-electron chi connectivity index (χ2n) is 6.03. The van der Waals surface area contributed by atoms with Crippen molar-refractivity contribution in [2.45, 2.75) is 36.5 Å². The van der Waals surface area contributed by atoms with E-state index in [0.717, 1.165) is 36.5 Å². The molecule has 3 aromatic rings. The van der Waals surface area contributed by atoms with Crippen molar-refractivity contribution in [1.82, 2.24) is 25.1 Å². The third-order valence-electron chi connectivity index (χ3n) is 4.43. The summed E-state index contributed by atoms with van der Waals surface area (Å²) in [6, 6.07) is 0. The van der Waals surface area contributed by atoms with E-state index >= 15 is 0 Å². The first kappa shape index (κ1) is 16.3. The Bertz CT molecular complexity index is 888. The summed E-state index contributed by atoms with van der Waals surface area (Å²) in [7, 11) is 0. The molecular formula is C16H19FN6OS. The van der Waals surface area contributed by atoms with Crippen LogP contribution in [0.4, 0.5) is 10.2 Å². The van der Waals surface area contributed by atoms with Gasteiger partial charge < -0.3 is 15.6 Å². The molecule has 4 heterocycles. The lowest BCUT2D eigenvalue weighted by molar-refractivity contribution is 0.420. The molecule has 9 heteroatoms. The summed E-state index contributed by atoms with van der Waals surface area (Å²) in [5, 5.41) is 12.3. The molecule has 1 aliphatic heterocycles. The number of hydrogen-bond donors (Lipinski definition) is 2. The number of rotatable bonds is 4. The van der Waals surface area contributed by atoms with E-state index in [1.54, 1.807) is 11.8 Å². The second-order valence-corrected chi connectivity index (χ2v) is 7.32. The number of nitrogens with two attached hydrogens (primary N) is 1. The third-order valence-corrected chi connectivity index (χ3v) is 5.72. The van der Waals surface area contributed by atoms with Gasteiger partial charge in [0.2, 0.25) is 5.95 Å². The maximum absolute atomic E-state index is 14.5. The van der Waals surface area contributed by atoms with Crippen LogP contribution in [0.5, 0.6) is 0 Å². The Morgan fingerprint density at radius 1 is 1.52 bits per heavy atom. The van der Waals surface area contributed by atoms with E-state index in [0.29, 0.717) is 28.7 Å². The molecule has 3 N–H and O–H groups in total. The third kappa shape index (κ3) is 2.87. The van der Waals surface area contributed by atoms with Crippen LogP contribution in [0.25, 0.3) is 16.8 Å². The number of nitrogen functional groups attached to an aromatic ring is 1. The Balaban J connectivity index is 1.85. The Kier molecular flexibility index (Phi) is 4.34. The molecule has 132 valence electrons. The molecule has 4 rings (SSSR count). The minimum atomic E-state index is -0.633. The summed E-state index contributed by atoms with van der Waals surface area (Å²) >= 11 is 1.70. The maximum atomic E-state index is 14.5. The van der Waals surface area contributed by atoms with Crippen LogP contribution in [0.15, 0.2) is 22.0 Å². The van der Waals surface area contributed by atoms with Gasteiger partial charge in [-0.15, -0.1) is 16.9 Å². The zero-order valence-electron chi connectivity index (χ0n) is 13.8. The van der Waals surface area contributed by atoms with Gasteiger partial charge in [-0.1, -0.05) is 12.1 Å². The topological polar surface area (TPSA) is 94.3 Å². The van der Waals surface area contributed by atoms with Gasteiger partial charge in [0.1, 0.15) is 17.1 Å². The molecule has 0 aliphatic carbocycles. The number of thioether (sulfide) groups is 1. The molecule has 0 bridgehead atoms. The van der Waals surface area contributed by atoms with E-state index in [1.807, 2.05) is 6.92 Å². The zero-order valence-corrected chi connectivity index (χ0v) is 14.6. The number of fused-ring (bicyclic) bond motifs is 1. The number of aromatic nitrogens is 4. The fourth-order valence-corrected chi connectivity index (χ4v) is 4.47. The molecule has 25 heavy (non-hydrogen) atoms. The number of hydrogen-bond acceptors (Lipinski definition) is 7. The quantitative estimate of drug-likeness (QED) is 0.689. The molecule has 1 fully saturated rings. The molecule has 1 saturated heterocycles. The van der Waals surface area contributed by atoms with Crippen LogP contribution in [0.1, 0.15) is 25.3 Å². The van der Waals surface area contributed by atoms with E-state index < -0.39 is 5.95 Å². The molecule has 1 aliphatic rings. The molecule has 0 unspecified atom stereocenters. The van der Waals surface area contributed by atoms with E-state index in [1.165, 1.54) is 17.0 Å². The predicted molar refractivity (Wildman–Crippen MR) is 94.0 cm³/mol. The highest BCUT2D eigenvalue weighted by Crippen LogP contribution is 2.35. The van der Waals surface area contributed by atoms with Crippen molar-refractivity contribution < 1.29 is 8.91 Å². The Hall–Kier alpha value is -2.13. The van der Waals surface area contributed by atoms with Crippen molar-refractivity contribution in [3.05, 3.63) is 24.0 Å². The molecule has 0 spiro atoms. The van der Waals surface area contributed by atoms with Crippen molar-refractivity contribution >= 4 is 23.2 Å². The highest BCUT2D eigenvalue weighted by Gasteiger charge is 2.24. The largest absolute Gasteiger partial charge is 0.383 e. The van der Waals surface area contributed by atoms with Gasteiger partial charge >= 0.3 is 0 Å². The number of halogens is 1. The lowest BCUT2D eigenvalue weighted by atomic mass is 10.2. The predicted octanol–water partition coefficient (Wildman–Crippen LogP) is 2.51. The van der Waals surface area contributed by atoms with Gasteiger partial charge in [-0.3, -0.25) is 0 Å². The van der Waals surface area contributed by atoms with Gasteiger partial charge in [-0.05, 0) is 25.8 Å². The van der Waals surface area contributed by atoms with Gasteiger partial charge in [0, 0.05) is 22.9 Å². The van der Waals surface area contributed by atoms with Gasteiger partial charge in [-0.25, -0.2) is 4.98 Å². The fourth-order valence-electron chi connectivity index (χ4n) is 3.14. The first-order valence-electron chi connectivity index (χ1n) is 8.32. The summed E-state index contributed by atoms with van der Waals surface area (Å²) in [4.78, 5) is 4.72. The summed E-state index contributed by atoms with van der Waals surface area (Å²) < 4.78 is 20.7. The Labute approximate surface area is 148 Å².